The van der Waals surface area contributed by atoms with Crippen LogP contribution < -0.4 is 10.1 Å². The predicted molar refractivity (Wildman–Crippen MR) is 96.8 cm³/mol. The van der Waals surface area contributed by atoms with Crippen LogP contribution in [-0.2, 0) is 13.1 Å². The van der Waals surface area contributed by atoms with E-state index in [1.165, 1.54) is 12.1 Å². The van der Waals surface area contributed by atoms with Gasteiger partial charge in [0, 0.05) is 24.2 Å². The number of hydrogen-bond donors (Lipinski definition) is 1. The van der Waals surface area contributed by atoms with Crippen LogP contribution >= 0.6 is 11.6 Å². The number of methoxy groups -OCH3 is 1. The largest absolute Gasteiger partial charge is 0.496 e. The molecule has 0 spiro atoms. The average molecular weight is 360 g/mol. The van der Waals surface area contributed by atoms with Gasteiger partial charge in [-0.1, -0.05) is 29.8 Å². The van der Waals surface area contributed by atoms with Gasteiger partial charge in [-0.15, -0.1) is 0 Å². The topological polar surface area (TPSA) is 39.1 Å². The van der Waals surface area contributed by atoms with Gasteiger partial charge < -0.3 is 10.1 Å². The number of halogens is 2. The zero-order valence-electron chi connectivity index (χ0n) is 14.1. The molecular formula is C19H19ClFN3O. The summed E-state index contributed by atoms with van der Waals surface area (Å²) in [5.41, 5.74) is 3.55. The number of benzene rings is 2. The fourth-order valence-electron chi connectivity index (χ4n) is 2.66. The van der Waals surface area contributed by atoms with Gasteiger partial charge in [-0.3, -0.25) is 0 Å². The van der Waals surface area contributed by atoms with Crippen molar-refractivity contribution in [3.63, 3.8) is 0 Å². The molecule has 0 saturated carbocycles. The van der Waals surface area contributed by atoms with E-state index in [9.17, 15) is 4.39 Å². The van der Waals surface area contributed by atoms with Crippen molar-refractivity contribution < 1.29 is 9.13 Å². The van der Waals surface area contributed by atoms with Crippen molar-refractivity contribution in [3.05, 3.63) is 76.3 Å². The van der Waals surface area contributed by atoms with Crippen molar-refractivity contribution in [1.82, 2.24) is 15.1 Å². The van der Waals surface area contributed by atoms with Crippen LogP contribution in [0.25, 0.3) is 5.69 Å². The smallest absolute Gasteiger partial charge is 0.137 e. The molecule has 3 aromatic rings. The van der Waals surface area contributed by atoms with E-state index in [-0.39, 0.29) is 5.82 Å². The van der Waals surface area contributed by atoms with E-state index in [0.29, 0.717) is 18.2 Å². The maximum absolute atomic E-state index is 13.1. The number of nitrogens with zero attached hydrogens (tertiary/aromatic N) is 2. The van der Waals surface area contributed by atoms with Crippen molar-refractivity contribution in [3.8, 4) is 11.4 Å². The van der Waals surface area contributed by atoms with Gasteiger partial charge in [-0.25, -0.2) is 9.07 Å². The minimum atomic E-state index is -0.289. The maximum Gasteiger partial charge on any atom is 0.137 e. The summed E-state index contributed by atoms with van der Waals surface area (Å²) in [6.45, 7) is 3.14. The third kappa shape index (κ3) is 3.83. The quantitative estimate of drug-likeness (QED) is 0.714. The van der Waals surface area contributed by atoms with E-state index in [0.717, 1.165) is 28.3 Å². The molecule has 0 aliphatic heterocycles. The van der Waals surface area contributed by atoms with Gasteiger partial charge in [-0.05, 0) is 37.3 Å². The first-order chi connectivity index (χ1) is 12.1. The molecule has 1 heterocycles. The van der Waals surface area contributed by atoms with Gasteiger partial charge in [-0.2, -0.15) is 5.10 Å². The van der Waals surface area contributed by atoms with E-state index in [1.54, 1.807) is 23.9 Å². The summed E-state index contributed by atoms with van der Waals surface area (Å²) in [6, 6.07) is 14.0. The lowest BCUT2D eigenvalue weighted by Gasteiger charge is -2.09. The number of rotatable bonds is 6. The highest BCUT2D eigenvalue weighted by Gasteiger charge is 2.14. The van der Waals surface area contributed by atoms with E-state index >= 15 is 0 Å². The highest BCUT2D eigenvalue weighted by Crippen LogP contribution is 2.24. The molecular weight excluding hydrogens is 341 g/mol. The molecule has 1 N–H and O–H groups in total. The van der Waals surface area contributed by atoms with Gasteiger partial charge >= 0.3 is 0 Å². The summed E-state index contributed by atoms with van der Waals surface area (Å²) in [5, 5.41) is 8.36. The van der Waals surface area contributed by atoms with Crippen molar-refractivity contribution in [2.45, 2.75) is 20.0 Å². The molecule has 0 saturated heterocycles. The fraction of sp³-hybridized carbons (Fsp3) is 0.211. The molecule has 0 unspecified atom stereocenters. The zero-order chi connectivity index (χ0) is 17.8. The molecule has 0 atom stereocenters. The highest BCUT2D eigenvalue weighted by molar-refractivity contribution is 6.30. The van der Waals surface area contributed by atoms with E-state index < -0.39 is 0 Å². The second-order valence-corrected chi connectivity index (χ2v) is 6.02. The van der Waals surface area contributed by atoms with Crippen LogP contribution in [0.2, 0.25) is 5.15 Å². The third-order valence-electron chi connectivity index (χ3n) is 4.00. The van der Waals surface area contributed by atoms with Gasteiger partial charge in [0.05, 0.1) is 18.5 Å². The first kappa shape index (κ1) is 17.5. The van der Waals surface area contributed by atoms with Crippen LogP contribution in [-0.4, -0.2) is 16.9 Å². The Morgan fingerprint density at radius 3 is 2.56 bits per heavy atom. The Balaban J connectivity index is 1.74. The minimum absolute atomic E-state index is 0.289. The lowest BCUT2D eigenvalue weighted by atomic mass is 10.2. The van der Waals surface area contributed by atoms with Crippen molar-refractivity contribution in [1.29, 1.82) is 0 Å². The Morgan fingerprint density at radius 2 is 1.84 bits per heavy atom. The Kier molecular flexibility index (Phi) is 5.36. The first-order valence-corrected chi connectivity index (χ1v) is 8.30. The third-order valence-corrected chi connectivity index (χ3v) is 4.39. The van der Waals surface area contributed by atoms with E-state index in [1.807, 2.05) is 31.2 Å². The molecule has 0 radical (unpaired) electrons. The first-order valence-electron chi connectivity index (χ1n) is 7.92. The standard InChI is InChI=1S/C19H19ClFN3O/c1-13-17(12-22-11-14-5-3-4-6-18(14)25-2)19(20)24(23-13)16-9-7-15(21)8-10-16/h3-10,22H,11-12H2,1-2H3. The number of aromatic nitrogens is 2. The SMILES string of the molecule is COc1ccccc1CNCc1c(C)nn(-c2ccc(F)cc2)c1Cl. The summed E-state index contributed by atoms with van der Waals surface area (Å²) in [5.74, 6) is 0.558. The summed E-state index contributed by atoms with van der Waals surface area (Å²) in [6.07, 6.45) is 0. The molecule has 0 fully saturated rings. The second kappa shape index (κ2) is 7.68. The summed E-state index contributed by atoms with van der Waals surface area (Å²) >= 11 is 6.49. The fourth-order valence-corrected chi connectivity index (χ4v) is 3.00. The lowest BCUT2D eigenvalue weighted by molar-refractivity contribution is 0.407. The molecule has 1 aromatic heterocycles. The van der Waals surface area contributed by atoms with Gasteiger partial charge in [0.25, 0.3) is 0 Å². The molecule has 3 rings (SSSR count). The average Bonchev–Trinajstić information content (AvgIpc) is 2.91. The molecule has 25 heavy (non-hydrogen) atoms. The molecule has 6 heteroatoms. The van der Waals surface area contributed by atoms with E-state index in [4.69, 9.17) is 16.3 Å². The summed E-state index contributed by atoms with van der Waals surface area (Å²) < 4.78 is 20.1. The van der Waals surface area contributed by atoms with Crippen LogP contribution in [0.4, 0.5) is 4.39 Å². The lowest BCUT2D eigenvalue weighted by Crippen LogP contribution is -2.14. The van der Waals surface area contributed by atoms with Crippen molar-refractivity contribution >= 4 is 11.6 Å². The molecule has 130 valence electrons. The number of aryl methyl sites for hydroxylation is 1. The number of ether oxygens (including phenoxy) is 1. The molecule has 2 aromatic carbocycles. The van der Waals surface area contributed by atoms with Crippen molar-refractivity contribution in [2.75, 3.05) is 7.11 Å². The van der Waals surface area contributed by atoms with Crippen molar-refractivity contribution in [2.24, 2.45) is 0 Å². The molecule has 0 aliphatic rings. The Hall–Kier alpha value is -2.37. The van der Waals surface area contributed by atoms with Gasteiger partial charge in [0.15, 0.2) is 0 Å². The van der Waals surface area contributed by atoms with Crippen LogP contribution in [0.1, 0.15) is 16.8 Å². The maximum atomic E-state index is 13.1. The Bertz CT molecular complexity index is 862. The van der Waals surface area contributed by atoms with Gasteiger partial charge in [0.2, 0.25) is 0 Å². The molecule has 0 aliphatic carbocycles. The van der Waals surface area contributed by atoms with Crippen LogP contribution in [0, 0.1) is 12.7 Å². The van der Waals surface area contributed by atoms with E-state index in [2.05, 4.69) is 10.4 Å². The Labute approximate surface area is 151 Å². The molecule has 4 nitrogen and oxygen atoms in total. The normalized spacial score (nSPS) is 10.9. The number of nitrogens with one attached hydrogen (secondary N) is 1. The predicted octanol–water partition coefficient (Wildman–Crippen LogP) is 4.27. The number of para-hydroxylation sites is 1. The second-order valence-electron chi connectivity index (χ2n) is 5.66. The highest BCUT2D eigenvalue weighted by atomic mass is 35.5. The van der Waals surface area contributed by atoms with Crippen LogP contribution in [0.15, 0.2) is 48.5 Å². The van der Waals surface area contributed by atoms with Crippen LogP contribution in [0.5, 0.6) is 5.75 Å². The van der Waals surface area contributed by atoms with Gasteiger partial charge in [0.1, 0.15) is 16.7 Å². The van der Waals surface area contributed by atoms with Crippen LogP contribution in [0.3, 0.4) is 0 Å². The zero-order valence-corrected chi connectivity index (χ0v) is 14.8. The molecule has 0 bridgehead atoms. The summed E-state index contributed by atoms with van der Waals surface area (Å²) in [7, 11) is 1.66. The monoisotopic (exact) mass is 359 g/mol. The molecule has 0 amide bonds. The number of hydrogen-bond acceptors (Lipinski definition) is 3. The minimum Gasteiger partial charge on any atom is -0.496 e. The summed E-state index contributed by atoms with van der Waals surface area (Å²) in [4.78, 5) is 0. The Morgan fingerprint density at radius 1 is 1.12 bits per heavy atom.